The highest BCUT2D eigenvalue weighted by atomic mass is 19.1. The molecule has 2 aromatic rings. The molecule has 3 atom stereocenters. The largest absolute Gasteiger partial charge is 0.394 e. The number of hydrogen-bond acceptors (Lipinski definition) is 5. The number of pyridine rings is 1. The van der Waals surface area contributed by atoms with Crippen LogP contribution in [0.2, 0.25) is 0 Å². The lowest BCUT2D eigenvalue weighted by atomic mass is 10.0. The van der Waals surface area contributed by atoms with E-state index in [-0.39, 0.29) is 18.2 Å². The van der Waals surface area contributed by atoms with Crippen molar-refractivity contribution in [2.75, 3.05) is 13.2 Å². The van der Waals surface area contributed by atoms with Crippen LogP contribution in [0.3, 0.4) is 0 Å². The van der Waals surface area contributed by atoms with Crippen LogP contribution in [0.4, 0.5) is 4.39 Å². The number of hydrogen-bond donors (Lipinski definition) is 4. The Morgan fingerprint density at radius 3 is 2.72 bits per heavy atom. The van der Waals surface area contributed by atoms with Gasteiger partial charge < -0.3 is 20.8 Å². The van der Waals surface area contributed by atoms with Crippen LogP contribution >= 0.6 is 0 Å². The first-order valence-corrected chi connectivity index (χ1v) is 8.12. The lowest BCUT2D eigenvalue weighted by molar-refractivity contribution is -0.124. The topological polar surface area (TPSA) is 94.5 Å². The highest BCUT2D eigenvalue weighted by molar-refractivity contribution is 5.82. The van der Waals surface area contributed by atoms with Crippen molar-refractivity contribution < 1.29 is 19.4 Å². The number of aliphatic hydroxyl groups is 2. The molecule has 6 nitrogen and oxygen atoms in total. The van der Waals surface area contributed by atoms with Gasteiger partial charge in [-0.25, -0.2) is 4.39 Å². The number of carbonyl (C=O) groups is 1. The van der Waals surface area contributed by atoms with Gasteiger partial charge in [0.15, 0.2) is 0 Å². The summed E-state index contributed by atoms with van der Waals surface area (Å²) >= 11 is 0. The summed E-state index contributed by atoms with van der Waals surface area (Å²) in [5, 5.41) is 24.8. The molecule has 132 valence electrons. The van der Waals surface area contributed by atoms with Crippen LogP contribution in [0.15, 0.2) is 42.6 Å². The summed E-state index contributed by atoms with van der Waals surface area (Å²) in [4.78, 5) is 16.2. The van der Waals surface area contributed by atoms with E-state index in [0.29, 0.717) is 24.1 Å². The zero-order chi connectivity index (χ0) is 17.8. The Hall–Kier alpha value is -2.35. The van der Waals surface area contributed by atoms with E-state index in [4.69, 9.17) is 0 Å². The molecule has 3 rings (SSSR count). The lowest BCUT2D eigenvalue weighted by Gasteiger charge is -2.19. The molecule has 0 unspecified atom stereocenters. The zero-order valence-corrected chi connectivity index (χ0v) is 13.5. The predicted octanol–water partition coefficient (Wildman–Crippen LogP) is 0.760. The first-order valence-electron chi connectivity index (χ1n) is 8.12. The number of carbonyl (C=O) groups excluding carboxylic acids is 1. The van der Waals surface area contributed by atoms with Gasteiger partial charge >= 0.3 is 0 Å². The third-order valence-electron chi connectivity index (χ3n) is 4.27. The minimum atomic E-state index is -0.574. The molecular formula is C18H20FN3O3. The Labute approximate surface area is 144 Å². The van der Waals surface area contributed by atoms with E-state index < -0.39 is 24.0 Å². The quantitative estimate of drug-likeness (QED) is 0.642. The molecule has 7 heteroatoms. The first kappa shape index (κ1) is 17.5. The molecule has 0 radical (unpaired) electrons. The third kappa shape index (κ3) is 4.01. The highest BCUT2D eigenvalue weighted by Gasteiger charge is 2.29. The molecule has 4 N–H and O–H groups in total. The fourth-order valence-electron chi connectivity index (χ4n) is 2.89. The normalized spacial score (nSPS) is 21.1. The smallest absolute Gasteiger partial charge is 0.237 e. The number of aromatic nitrogens is 1. The maximum atomic E-state index is 13.8. The zero-order valence-electron chi connectivity index (χ0n) is 13.5. The van der Waals surface area contributed by atoms with Gasteiger partial charge in [0.1, 0.15) is 11.5 Å². The fraction of sp³-hybridized carbons (Fsp3) is 0.333. The monoisotopic (exact) mass is 345 g/mol. The van der Waals surface area contributed by atoms with E-state index in [0.717, 1.165) is 0 Å². The van der Waals surface area contributed by atoms with Crippen molar-refractivity contribution in [1.29, 1.82) is 0 Å². The maximum absolute atomic E-state index is 13.8. The summed E-state index contributed by atoms with van der Waals surface area (Å²) in [7, 11) is 0. The van der Waals surface area contributed by atoms with Gasteiger partial charge in [0.25, 0.3) is 0 Å². The predicted molar refractivity (Wildman–Crippen MR) is 90.0 cm³/mol. The van der Waals surface area contributed by atoms with Crippen LogP contribution < -0.4 is 10.6 Å². The molecule has 0 saturated carbocycles. The van der Waals surface area contributed by atoms with Crippen molar-refractivity contribution in [1.82, 2.24) is 15.6 Å². The minimum Gasteiger partial charge on any atom is -0.394 e. The Bertz CT molecular complexity index is 739. The molecule has 0 aliphatic carbocycles. The van der Waals surface area contributed by atoms with Crippen LogP contribution in [0.1, 0.15) is 18.0 Å². The Morgan fingerprint density at radius 1 is 1.36 bits per heavy atom. The molecule has 1 fully saturated rings. The average Bonchev–Trinajstić information content (AvgIpc) is 3.07. The van der Waals surface area contributed by atoms with Crippen LogP contribution in [-0.4, -0.2) is 46.4 Å². The average molecular weight is 345 g/mol. The molecule has 2 heterocycles. The van der Waals surface area contributed by atoms with Crippen molar-refractivity contribution in [2.45, 2.75) is 24.6 Å². The van der Waals surface area contributed by atoms with E-state index in [1.54, 1.807) is 24.3 Å². The Balaban J connectivity index is 1.71. The molecule has 1 aromatic heterocycles. The summed E-state index contributed by atoms with van der Waals surface area (Å²) in [5.74, 6) is -0.677. The van der Waals surface area contributed by atoms with Crippen molar-refractivity contribution in [3.8, 4) is 11.3 Å². The third-order valence-corrected chi connectivity index (χ3v) is 4.27. The van der Waals surface area contributed by atoms with E-state index in [9.17, 15) is 19.4 Å². The van der Waals surface area contributed by atoms with Gasteiger partial charge in [-0.3, -0.25) is 9.78 Å². The number of benzene rings is 1. The number of nitrogens with one attached hydrogen (secondary N) is 2. The van der Waals surface area contributed by atoms with Crippen molar-refractivity contribution in [3.05, 3.63) is 54.0 Å². The molecule has 0 spiro atoms. The van der Waals surface area contributed by atoms with Gasteiger partial charge in [0.2, 0.25) is 5.91 Å². The number of rotatable bonds is 5. The molecule has 1 saturated heterocycles. The van der Waals surface area contributed by atoms with Gasteiger partial charge in [0.05, 0.1) is 24.8 Å². The second kappa shape index (κ2) is 7.69. The van der Waals surface area contributed by atoms with E-state index >= 15 is 0 Å². The van der Waals surface area contributed by atoms with Crippen molar-refractivity contribution >= 4 is 5.91 Å². The molecular weight excluding hydrogens is 325 g/mol. The van der Waals surface area contributed by atoms with Gasteiger partial charge in [-0.05, 0) is 24.1 Å². The SMILES string of the molecule is O=C(N[C@@H](CO)c1ccc(-c2ncccc2F)cc1)[C@@H]1C[C@@H](O)CN1. The van der Waals surface area contributed by atoms with Gasteiger partial charge in [-0.15, -0.1) is 0 Å². The lowest BCUT2D eigenvalue weighted by Crippen LogP contribution is -2.42. The summed E-state index contributed by atoms with van der Waals surface area (Å²) < 4.78 is 13.8. The summed E-state index contributed by atoms with van der Waals surface area (Å²) in [6.07, 6.45) is 1.34. The van der Waals surface area contributed by atoms with Crippen molar-refractivity contribution in [2.24, 2.45) is 0 Å². The van der Waals surface area contributed by atoms with E-state index in [2.05, 4.69) is 15.6 Å². The second-order valence-corrected chi connectivity index (χ2v) is 6.05. The van der Waals surface area contributed by atoms with Crippen LogP contribution in [0.5, 0.6) is 0 Å². The van der Waals surface area contributed by atoms with Gasteiger partial charge in [0, 0.05) is 18.3 Å². The van der Waals surface area contributed by atoms with Crippen molar-refractivity contribution in [3.63, 3.8) is 0 Å². The second-order valence-electron chi connectivity index (χ2n) is 6.05. The number of halogens is 1. The Kier molecular flexibility index (Phi) is 5.37. The van der Waals surface area contributed by atoms with Crippen LogP contribution in [0.25, 0.3) is 11.3 Å². The molecule has 1 aliphatic heterocycles. The fourth-order valence-corrected chi connectivity index (χ4v) is 2.89. The number of β-amino-alcohol motifs (C(OH)–C–C–N with tert-alkyl or cyclic N) is 1. The molecule has 25 heavy (non-hydrogen) atoms. The van der Waals surface area contributed by atoms with E-state index in [1.165, 1.54) is 18.3 Å². The maximum Gasteiger partial charge on any atom is 0.237 e. The Morgan fingerprint density at radius 2 is 2.12 bits per heavy atom. The van der Waals surface area contributed by atoms with Crippen LogP contribution in [-0.2, 0) is 4.79 Å². The van der Waals surface area contributed by atoms with Gasteiger partial charge in [-0.1, -0.05) is 24.3 Å². The molecule has 0 bridgehead atoms. The van der Waals surface area contributed by atoms with Crippen LogP contribution in [0, 0.1) is 5.82 Å². The standard InChI is InChI=1S/C18H20FN3O3/c19-14-2-1-7-20-17(14)12-5-3-11(4-6-12)16(10-23)22-18(25)15-8-13(24)9-21-15/h1-7,13,15-16,21,23-24H,8-10H2,(H,22,25)/t13-,15+,16+/m1/s1. The summed E-state index contributed by atoms with van der Waals surface area (Å²) in [6, 6.07) is 8.68. The molecule has 1 aliphatic rings. The van der Waals surface area contributed by atoms with E-state index in [1.807, 2.05) is 0 Å². The molecule has 1 amide bonds. The highest BCUT2D eigenvalue weighted by Crippen LogP contribution is 2.22. The number of amides is 1. The summed E-state index contributed by atoms with van der Waals surface area (Å²) in [5.41, 5.74) is 1.57. The number of nitrogens with zero attached hydrogens (tertiary/aromatic N) is 1. The van der Waals surface area contributed by atoms with Gasteiger partial charge in [-0.2, -0.15) is 0 Å². The minimum absolute atomic E-state index is 0.253. The first-order chi connectivity index (χ1) is 12.1. The summed E-state index contributed by atoms with van der Waals surface area (Å²) in [6.45, 7) is 0.116. The number of aliphatic hydroxyl groups excluding tert-OH is 2. The molecule has 1 aromatic carbocycles.